The molecule has 9 heteroatoms. The first-order valence-electron chi connectivity index (χ1n) is 12.4. The van der Waals surface area contributed by atoms with Crippen LogP contribution in [0.15, 0.2) is 0 Å². The summed E-state index contributed by atoms with van der Waals surface area (Å²) in [6.07, 6.45) is 0. The van der Waals surface area contributed by atoms with Crippen LogP contribution in [0.4, 0.5) is 0 Å². The molecular weight excluding hydrogens is 520 g/mol. The molecule has 0 unspecified atom stereocenters. The van der Waals surface area contributed by atoms with Gasteiger partial charge in [0.05, 0.1) is 0 Å². The zero-order valence-corrected chi connectivity index (χ0v) is 26.3. The fourth-order valence-corrected chi connectivity index (χ4v) is 2.51. The maximum Gasteiger partial charge on any atom is 0.242 e. The van der Waals surface area contributed by atoms with Gasteiger partial charge in [-0.3, -0.25) is 0 Å². The average Bonchev–Trinajstić information content (AvgIpc) is 2.69. The van der Waals surface area contributed by atoms with Gasteiger partial charge in [0.25, 0.3) is 0 Å². The van der Waals surface area contributed by atoms with Crippen molar-refractivity contribution in [3.63, 3.8) is 0 Å². The topological polar surface area (TPSA) is 54.4 Å². The molecule has 37 heavy (non-hydrogen) atoms. The third kappa shape index (κ3) is 39.0. The molecule has 0 atom stereocenters. The van der Waals surface area contributed by atoms with Crippen LogP contribution in [-0.4, -0.2) is 75.0 Å². The molecule has 0 heterocycles. The summed E-state index contributed by atoms with van der Waals surface area (Å²) in [7, 11) is 0. The number of nitrogens with zero attached hydrogens (tertiary/aromatic N) is 4. The summed E-state index contributed by atoms with van der Waals surface area (Å²) in [5.74, 6) is 0. The van der Waals surface area contributed by atoms with Crippen LogP contribution in [0.3, 0.4) is 0 Å². The van der Waals surface area contributed by atoms with Crippen molar-refractivity contribution < 1.29 is 36.0 Å². The monoisotopic (exact) mass is 571 g/mol. The van der Waals surface area contributed by atoms with Crippen molar-refractivity contribution in [2.24, 2.45) is 0 Å². The van der Waals surface area contributed by atoms with Crippen LogP contribution >= 0.6 is 0 Å². The molecule has 0 amide bonds. The molecule has 1 radical (unpaired) electrons. The van der Waals surface area contributed by atoms with Crippen LogP contribution in [0.25, 0.3) is 19.4 Å². The predicted octanol–water partition coefficient (Wildman–Crippen LogP) is 6.88. The molecule has 8 nitrogen and oxygen atoms in total. The van der Waals surface area contributed by atoms with Gasteiger partial charge in [-0.2, -0.15) is 0 Å². The molecule has 0 spiro atoms. The molecule has 0 saturated carbocycles. The van der Waals surface area contributed by atoms with Gasteiger partial charge in [0.15, 0.2) is 0 Å². The standard InChI is InChI=1S/4C7H13NO.Cu/c4*1-5-9-7(2,3)6-8-4;/h4*5-6H2,1-3H3;. The van der Waals surface area contributed by atoms with Crippen LogP contribution in [0.2, 0.25) is 0 Å². The second kappa shape index (κ2) is 25.9. The van der Waals surface area contributed by atoms with E-state index in [1.807, 2.05) is 83.1 Å². The molecule has 0 aliphatic heterocycles. The SMILES string of the molecule is [C-]#[N+]CC(C)(C)OCC.[C-]#[N+]CC(C)(C)OCC.[C-]#[N+]CC(C)(C)OCC.[C-]#[N+]CC(C)(C)OCC.[Cu]. The summed E-state index contributed by atoms with van der Waals surface area (Å²) < 4.78 is 21.0. The summed E-state index contributed by atoms with van der Waals surface area (Å²) in [5.41, 5.74) is -1.01. The molecular formula is C28H52CuN4O4. The minimum absolute atomic E-state index is 0. The van der Waals surface area contributed by atoms with Gasteiger partial charge in [-0.1, -0.05) is 0 Å². The predicted molar refractivity (Wildman–Crippen MR) is 149 cm³/mol. The van der Waals surface area contributed by atoms with Gasteiger partial charge >= 0.3 is 0 Å². The molecule has 0 N–H and O–H groups in total. The Morgan fingerprint density at radius 1 is 0.405 bits per heavy atom. The van der Waals surface area contributed by atoms with E-state index in [-0.39, 0.29) is 39.5 Å². The average molecular weight is 572 g/mol. The molecule has 0 aromatic carbocycles. The van der Waals surface area contributed by atoms with Crippen LogP contribution in [0.5, 0.6) is 0 Å². The van der Waals surface area contributed by atoms with Crippen molar-refractivity contribution in [2.75, 3.05) is 52.6 Å². The summed E-state index contributed by atoms with van der Waals surface area (Å²) >= 11 is 0. The molecule has 0 aliphatic carbocycles. The first-order chi connectivity index (χ1) is 16.5. The van der Waals surface area contributed by atoms with E-state index in [1.165, 1.54) is 0 Å². The number of rotatable bonds is 12. The van der Waals surface area contributed by atoms with E-state index in [1.54, 1.807) is 0 Å². The number of hydrogen-bond donors (Lipinski definition) is 0. The Kier molecular flexibility index (Phi) is 31.7. The molecule has 0 aliphatic rings. The Morgan fingerprint density at radius 2 is 0.541 bits per heavy atom. The maximum absolute atomic E-state index is 6.58. The molecule has 0 rings (SSSR count). The van der Waals surface area contributed by atoms with Crippen LogP contribution in [0, 0.1) is 26.3 Å². The molecule has 0 aromatic heterocycles. The van der Waals surface area contributed by atoms with Gasteiger partial charge in [-0.15, -0.1) is 0 Å². The van der Waals surface area contributed by atoms with Gasteiger partial charge in [0.1, 0.15) is 22.4 Å². The zero-order chi connectivity index (χ0) is 29.3. The first-order valence-corrected chi connectivity index (χ1v) is 12.4. The van der Waals surface area contributed by atoms with E-state index in [2.05, 4.69) is 19.4 Å². The molecule has 0 bridgehead atoms. The van der Waals surface area contributed by atoms with Gasteiger partial charge in [0.2, 0.25) is 26.2 Å². The van der Waals surface area contributed by atoms with E-state index in [4.69, 9.17) is 45.2 Å². The Balaban J connectivity index is -0.000000122. The van der Waals surface area contributed by atoms with E-state index in [0.29, 0.717) is 52.6 Å². The van der Waals surface area contributed by atoms with Crippen molar-refractivity contribution in [3.8, 4) is 0 Å². The third-order valence-corrected chi connectivity index (χ3v) is 3.98. The fraction of sp³-hybridized carbons (Fsp3) is 0.857. The Labute approximate surface area is 239 Å². The van der Waals surface area contributed by atoms with Crippen LogP contribution in [-0.2, 0) is 36.0 Å². The van der Waals surface area contributed by atoms with Crippen molar-refractivity contribution in [1.82, 2.24) is 0 Å². The van der Waals surface area contributed by atoms with Crippen molar-refractivity contribution in [3.05, 3.63) is 45.7 Å². The quantitative estimate of drug-likeness (QED) is 0.189. The summed E-state index contributed by atoms with van der Waals surface area (Å²) in [6, 6.07) is 0. The van der Waals surface area contributed by atoms with Crippen molar-refractivity contribution in [2.45, 2.75) is 105 Å². The third-order valence-electron chi connectivity index (χ3n) is 3.98. The van der Waals surface area contributed by atoms with Gasteiger partial charge < -0.3 is 38.3 Å². The normalized spacial score (nSPS) is 10.6. The van der Waals surface area contributed by atoms with Crippen molar-refractivity contribution >= 4 is 0 Å². The minimum atomic E-state index is -0.253. The Morgan fingerprint density at radius 3 is 0.622 bits per heavy atom. The largest absolute Gasteiger partial charge is 0.368 e. The van der Waals surface area contributed by atoms with E-state index >= 15 is 0 Å². The maximum atomic E-state index is 6.58. The second-order valence-electron chi connectivity index (χ2n) is 10.0. The molecule has 0 saturated heterocycles. The zero-order valence-electron chi connectivity index (χ0n) is 25.4. The summed E-state index contributed by atoms with van der Waals surface area (Å²) in [4.78, 5) is 13.0. The first kappa shape index (κ1) is 45.3. The van der Waals surface area contributed by atoms with Gasteiger partial charge in [0, 0.05) is 43.5 Å². The number of ether oxygens (including phenoxy) is 4. The Hall–Kier alpha value is -1.68. The van der Waals surface area contributed by atoms with Crippen LogP contribution in [0.1, 0.15) is 83.1 Å². The molecule has 0 fully saturated rings. The smallest absolute Gasteiger partial charge is 0.242 e. The number of hydrogen-bond acceptors (Lipinski definition) is 4. The van der Waals surface area contributed by atoms with E-state index in [9.17, 15) is 0 Å². The Bertz CT molecular complexity index is 577. The van der Waals surface area contributed by atoms with Gasteiger partial charge in [-0.25, -0.2) is 26.3 Å². The van der Waals surface area contributed by atoms with E-state index < -0.39 is 0 Å². The van der Waals surface area contributed by atoms with Crippen molar-refractivity contribution in [1.29, 1.82) is 0 Å². The fourth-order valence-electron chi connectivity index (χ4n) is 2.51. The summed E-state index contributed by atoms with van der Waals surface area (Å²) in [5, 5.41) is 0. The second-order valence-corrected chi connectivity index (χ2v) is 10.0. The summed E-state index contributed by atoms with van der Waals surface area (Å²) in [6.45, 7) is 54.0. The van der Waals surface area contributed by atoms with Crippen LogP contribution < -0.4 is 0 Å². The molecule has 219 valence electrons. The van der Waals surface area contributed by atoms with Gasteiger partial charge in [-0.05, 0) is 83.1 Å². The van der Waals surface area contributed by atoms with E-state index in [0.717, 1.165) is 0 Å². The molecule has 0 aromatic rings. The minimum Gasteiger partial charge on any atom is -0.368 e.